The molecule has 0 saturated carbocycles. The number of hydrogen-bond donors (Lipinski definition) is 1. The number of rotatable bonds is 6. The van der Waals surface area contributed by atoms with E-state index < -0.39 is 0 Å². The molecule has 3 aromatic rings. The molecule has 1 aliphatic heterocycles. The van der Waals surface area contributed by atoms with Crippen molar-refractivity contribution in [3.8, 4) is 34.1 Å². The van der Waals surface area contributed by atoms with Gasteiger partial charge in [0, 0.05) is 39.8 Å². The van der Waals surface area contributed by atoms with Crippen LogP contribution < -0.4 is 24.3 Å². The molecular formula is C23H23NO5S. The van der Waals surface area contributed by atoms with Crippen LogP contribution in [0.25, 0.3) is 11.1 Å². The van der Waals surface area contributed by atoms with E-state index in [9.17, 15) is 4.79 Å². The van der Waals surface area contributed by atoms with Crippen LogP contribution in [0, 0.1) is 0 Å². The zero-order valence-corrected chi connectivity index (χ0v) is 18.1. The van der Waals surface area contributed by atoms with Gasteiger partial charge in [0.1, 0.15) is 11.5 Å². The molecular weight excluding hydrogens is 402 g/mol. The molecule has 0 radical (unpaired) electrons. The Morgan fingerprint density at radius 1 is 0.900 bits per heavy atom. The monoisotopic (exact) mass is 425 g/mol. The number of carbonyl (C=O) groups excluding carboxylic acids is 1. The van der Waals surface area contributed by atoms with Gasteiger partial charge in [0.05, 0.1) is 34.1 Å². The van der Waals surface area contributed by atoms with Crippen LogP contribution in [0.4, 0.5) is 5.69 Å². The normalized spacial score (nSPS) is 15.2. The van der Waals surface area contributed by atoms with Crippen molar-refractivity contribution in [1.82, 2.24) is 0 Å². The van der Waals surface area contributed by atoms with E-state index in [1.54, 1.807) is 45.8 Å². The molecule has 156 valence electrons. The average Bonchev–Trinajstić information content (AvgIpc) is 3.21. The highest BCUT2D eigenvalue weighted by molar-refractivity contribution is 7.11. The summed E-state index contributed by atoms with van der Waals surface area (Å²) in [4.78, 5) is 13.7. The van der Waals surface area contributed by atoms with Gasteiger partial charge in [-0.3, -0.25) is 4.79 Å². The van der Waals surface area contributed by atoms with Crippen molar-refractivity contribution in [3.05, 3.63) is 52.2 Å². The molecule has 1 amide bonds. The van der Waals surface area contributed by atoms with E-state index in [0.717, 1.165) is 33.0 Å². The molecule has 7 heteroatoms. The Kier molecular flexibility index (Phi) is 5.55. The molecule has 1 aliphatic rings. The van der Waals surface area contributed by atoms with Gasteiger partial charge in [0.15, 0.2) is 11.5 Å². The molecule has 30 heavy (non-hydrogen) atoms. The molecule has 0 saturated heterocycles. The van der Waals surface area contributed by atoms with Crippen LogP contribution in [-0.2, 0) is 4.79 Å². The first-order chi connectivity index (χ1) is 14.6. The third kappa shape index (κ3) is 3.45. The minimum atomic E-state index is -0.138. The lowest BCUT2D eigenvalue weighted by Gasteiger charge is -2.26. The van der Waals surface area contributed by atoms with Gasteiger partial charge in [-0.1, -0.05) is 12.1 Å². The number of ether oxygens (including phenoxy) is 4. The van der Waals surface area contributed by atoms with Gasteiger partial charge in [0.25, 0.3) is 0 Å². The standard InChI is InChI=1S/C23H23NO5S/c1-26-14-7-5-13(6-8-14)17-12-30-23-16(10-21(25)24-22(17)23)15-9-19(28-3)20(29-4)11-18(15)27-2/h5-9,11-12,16H,10H2,1-4H3,(H,24,25)/t16-/m1/s1. The third-order valence-electron chi connectivity index (χ3n) is 5.30. The predicted octanol–water partition coefficient (Wildman–Crippen LogP) is 4.92. The lowest BCUT2D eigenvalue weighted by Crippen LogP contribution is -2.22. The van der Waals surface area contributed by atoms with Crippen LogP contribution in [-0.4, -0.2) is 34.3 Å². The third-order valence-corrected chi connectivity index (χ3v) is 6.40. The number of nitrogens with one attached hydrogen (secondary N) is 1. The van der Waals surface area contributed by atoms with Gasteiger partial charge in [-0.05, 0) is 23.8 Å². The van der Waals surface area contributed by atoms with Crippen molar-refractivity contribution >= 4 is 22.9 Å². The lowest BCUT2D eigenvalue weighted by atomic mass is 9.88. The number of amides is 1. The fraction of sp³-hybridized carbons (Fsp3) is 0.261. The first kappa shape index (κ1) is 20.1. The van der Waals surface area contributed by atoms with Gasteiger partial charge in [-0.25, -0.2) is 0 Å². The molecule has 1 aromatic heterocycles. The summed E-state index contributed by atoms with van der Waals surface area (Å²) in [6, 6.07) is 11.5. The summed E-state index contributed by atoms with van der Waals surface area (Å²) in [5.74, 6) is 2.48. The summed E-state index contributed by atoms with van der Waals surface area (Å²) in [5.41, 5.74) is 3.77. The molecule has 0 spiro atoms. The van der Waals surface area contributed by atoms with Crippen molar-refractivity contribution < 1.29 is 23.7 Å². The highest BCUT2D eigenvalue weighted by atomic mass is 32.1. The SMILES string of the molecule is COc1ccc(-c2csc3c2NC(=O)C[C@@H]3c2cc(OC)c(OC)cc2OC)cc1. The van der Waals surface area contributed by atoms with Crippen molar-refractivity contribution in [2.24, 2.45) is 0 Å². The summed E-state index contributed by atoms with van der Waals surface area (Å²) in [6.45, 7) is 0. The van der Waals surface area contributed by atoms with Crippen molar-refractivity contribution in [2.75, 3.05) is 33.8 Å². The molecule has 1 atom stereocenters. The fourth-order valence-corrected chi connectivity index (χ4v) is 4.94. The maximum Gasteiger partial charge on any atom is 0.225 e. The highest BCUT2D eigenvalue weighted by Gasteiger charge is 2.33. The fourth-order valence-electron chi connectivity index (χ4n) is 3.79. The summed E-state index contributed by atoms with van der Waals surface area (Å²) in [6.07, 6.45) is 0.335. The summed E-state index contributed by atoms with van der Waals surface area (Å²) in [5, 5.41) is 5.15. The Bertz CT molecular complexity index is 1070. The van der Waals surface area contributed by atoms with E-state index in [1.165, 1.54) is 0 Å². The molecule has 6 nitrogen and oxygen atoms in total. The maximum absolute atomic E-state index is 12.6. The van der Waals surface area contributed by atoms with E-state index in [4.69, 9.17) is 18.9 Å². The van der Waals surface area contributed by atoms with E-state index in [-0.39, 0.29) is 11.8 Å². The Morgan fingerprint density at radius 3 is 2.20 bits per heavy atom. The average molecular weight is 426 g/mol. The van der Waals surface area contributed by atoms with E-state index in [1.807, 2.05) is 30.3 Å². The summed E-state index contributed by atoms with van der Waals surface area (Å²) < 4.78 is 21.8. The molecule has 1 N–H and O–H groups in total. The predicted molar refractivity (Wildman–Crippen MR) is 117 cm³/mol. The van der Waals surface area contributed by atoms with E-state index in [0.29, 0.717) is 23.7 Å². The number of benzene rings is 2. The number of thiophene rings is 1. The largest absolute Gasteiger partial charge is 0.497 e. The smallest absolute Gasteiger partial charge is 0.225 e. The first-order valence-corrected chi connectivity index (χ1v) is 10.3. The second-order valence-corrected chi connectivity index (χ2v) is 7.78. The van der Waals surface area contributed by atoms with Crippen molar-refractivity contribution in [2.45, 2.75) is 12.3 Å². The number of hydrogen-bond acceptors (Lipinski definition) is 6. The maximum atomic E-state index is 12.6. The Labute approximate surface area is 179 Å². The Hall–Kier alpha value is -3.19. The van der Waals surface area contributed by atoms with Crippen LogP contribution in [0.2, 0.25) is 0 Å². The van der Waals surface area contributed by atoms with Gasteiger partial charge < -0.3 is 24.3 Å². The number of fused-ring (bicyclic) bond motifs is 1. The Balaban J connectivity index is 1.82. The number of methoxy groups -OCH3 is 4. The minimum absolute atomic E-state index is 0.0301. The van der Waals surface area contributed by atoms with Crippen molar-refractivity contribution in [3.63, 3.8) is 0 Å². The highest BCUT2D eigenvalue weighted by Crippen LogP contribution is 2.50. The van der Waals surface area contributed by atoms with Gasteiger partial charge in [-0.15, -0.1) is 11.3 Å². The lowest BCUT2D eigenvalue weighted by molar-refractivity contribution is -0.116. The topological polar surface area (TPSA) is 66.0 Å². The molecule has 2 aromatic carbocycles. The van der Waals surface area contributed by atoms with E-state index in [2.05, 4.69) is 10.7 Å². The van der Waals surface area contributed by atoms with Crippen LogP contribution in [0.15, 0.2) is 41.8 Å². The Morgan fingerprint density at radius 2 is 1.57 bits per heavy atom. The summed E-state index contributed by atoms with van der Waals surface area (Å²) >= 11 is 1.63. The van der Waals surface area contributed by atoms with Crippen LogP contribution in [0.3, 0.4) is 0 Å². The second-order valence-electron chi connectivity index (χ2n) is 6.87. The van der Waals surface area contributed by atoms with E-state index >= 15 is 0 Å². The molecule has 0 fully saturated rings. The first-order valence-electron chi connectivity index (χ1n) is 9.45. The molecule has 0 bridgehead atoms. The number of carbonyl (C=O) groups is 1. The van der Waals surface area contributed by atoms with Gasteiger partial charge in [-0.2, -0.15) is 0 Å². The molecule has 4 rings (SSSR count). The van der Waals surface area contributed by atoms with Crippen LogP contribution in [0.5, 0.6) is 23.0 Å². The van der Waals surface area contributed by atoms with Crippen LogP contribution >= 0.6 is 11.3 Å². The van der Waals surface area contributed by atoms with Gasteiger partial charge >= 0.3 is 0 Å². The van der Waals surface area contributed by atoms with Crippen molar-refractivity contribution in [1.29, 1.82) is 0 Å². The van der Waals surface area contributed by atoms with Crippen LogP contribution in [0.1, 0.15) is 22.8 Å². The zero-order valence-electron chi connectivity index (χ0n) is 17.3. The van der Waals surface area contributed by atoms with Gasteiger partial charge in [0.2, 0.25) is 5.91 Å². The minimum Gasteiger partial charge on any atom is -0.497 e. The number of anilines is 1. The molecule has 0 unspecified atom stereocenters. The summed E-state index contributed by atoms with van der Waals surface area (Å²) in [7, 11) is 6.44. The molecule has 0 aliphatic carbocycles. The molecule has 2 heterocycles. The zero-order chi connectivity index (χ0) is 21.3. The quantitative estimate of drug-likeness (QED) is 0.607. The second kappa shape index (κ2) is 8.28.